The molecular formula is C9H5N5O6S. The zero-order valence-corrected chi connectivity index (χ0v) is 10.7. The van der Waals surface area contributed by atoms with Crippen LogP contribution in [0.25, 0.3) is 0 Å². The molecule has 0 spiro atoms. The Morgan fingerprint density at radius 2 is 1.95 bits per heavy atom. The summed E-state index contributed by atoms with van der Waals surface area (Å²) in [6, 6.07) is 3.82. The summed E-state index contributed by atoms with van der Waals surface area (Å²) in [5.74, 6) is -0.980. The molecule has 0 aromatic heterocycles. The molecule has 0 heterocycles. The fourth-order valence-electron chi connectivity index (χ4n) is 1.16. The number of rotatable bonds is 4. The highest BCUT2D eigenvalue weighted by Gasteiger charge is 2.23. The van der Waals surface area contributed by atoms with Gasteiger partial charge in [0.15, 0.2) is 0 Å². The number of aromatic hydroxyl groups is 1. The summed E-state index contributed by atoms with van der Waals surface area (Å²) in [7, 11) is -4.78. The largest absolute Gasteiger partial charge is 0.501 e. The molecule has 11 nitrogen and oxygen atoms in total. The lowest BCUT2D eigenvalue weighted by molar-refractivity contribution is -0.386. The first-order valence-electron chi connectivity index (χ1n) is 4.83. The maximum atomic E-state index is 11.0. The van der Waals surface area contributed by atoms with Gasteiger partial charge in [-0.1, -0.05) is 0 Å². The molecule has 0 amide bonds. The second-order valence-corrected chi connectivity index (χ2v) is 4.79. The molecule has 12 heteroatoms. The van der Waals surface area contributed by atoms with E-state index in [-0.39, 0.29) is 0 Å². The van der Waals surface area contributed by atoms with Crippen molar-refractivity contribution < 1.29 is 23.0 Å². The molecule has 0 aliphatic heterocycles. The van der Waals surface area contributed by atoms with Gasteiger partial charge in [0, 0.05) is 6.07 Å². The van der Waals surface area contributed by atoms with E-state index >= 15 is 0 Å². The Kier molecular flexibility index (Phi) is 4.39. The van der Waals surface area contributed by atoms with E-state index < -0.39 is 42.8 Å². The first kappa shape index (κ1) is 15.8. The van der Waals surface area contributed by atoms with E-state index in [2.05, 4.69) is 5.10 Å². The number of benzene rings is 1. The first-order valence-corrected chi connectivity index (χ1v) is 6.27. The van der Waals surface area contributed by atoms with Crippen molar-refractivity contribution in [2.45, 2.75) is 4.90 Å². The summed E-state index contributed by atoms with van der Waals surface area (Å²) < 4.78 is 30.9. The zero-order valence-electron chi connectivity index (χ0n) is 9.88. The first-order chi connectivity index (χ1) is 9.70. The molecule has 1 rings (SSSR count). The number of hydrogen-bond donors (Lipinski definition) is 3. The van der Waals surface area contributed by atoms with Gasteiger partial charge in [-0.15, -0.1) is 0 Å². The summed E-state index contributed by atoms with van der Waals surface area (Å²) >= 11 is 0. The van der Waals surface area contributed by atoms with Crippen LogP contribution in [0, 0.1) is 32.8 Å². The van der Waals surface area contributed by atoms with Crippen molar-refractivity contribution in [3.8, 4) is 17.9 Å². The van der Waals surface area contributed by atoms with Crippen LogP contribution in [0.1, 0.15) is 0 Å². The van der Waals surface area contributed by atoms with E-state index in [4.69, 9.17) is 15.1 Å². The Bertz CT molecular complexity index is 800. The second-order valence-electron chi connectivity index (χ2n) is 3.37. The van der Waals surface area contributed by atoms with Gasteiger partial charge in [-0.05, 0) is 6.07 Å². The predicted molar refractivity (Wildman–Crippen MR) is 66.9 cm³/mol. The van der Waals surface area contributed by atoms with Crippen LogP contribution in [-0.4, -0.2) is 28.7 Å². The topological polar surface area (TPSA) is 190 Å². The normalized spacial score (nSPS) is 10.0. The lowest BCUT2D eigenvalue weighted by atomic mass is 10.2. The number of phenols is 1. The minimum absolute atomic E-state index is 0.440. The van der Waals surface area contributed by atoms with Gasteiger partial charge in [0.2, 0.25) is 11.5 Å². The van der Waals surface area contributed by atoms with Crippen molar-refractivity contribution in [3.05, 3.63) is 22.2 Å². The number of nitrogens with zero attached hydrogens (tertiary/aromatic N) is 4. The highest BCUT2D eigenvalue weighted by Crippen LogP contribution is 2.36. The van der Waals surface area contributed by atoms with E-state index in [0.717, 1.165) is 0 Å². The molecule has 0 fully saturated rings. The van der Waals surface area contributed by atoms with Crippen molar-refractivity contribution >= 4 is 27.2 Å². The fourth-order valence-corrected chi connectivity index (χ4v) is 1.69. The van der Waals surface area contributed by atoms with Crippen molar-refractivity contribution in [1.82, 2.24) is 0 Å². The molecule has 0 radical (unpaired) electrons. The number of nitriles is 2. The van der Waals surface area contributed by atoms with Crippen molar-refractivity contribution in [2.24, 2.45) is 5.10 Å². The lowest BCUT2D eigenvalue weighted by Gasteiger charge is -2.06. The Labute approximate surface area is 117 Å². The third-order valence-corrected chi connectivity index (χ3v) is 2.89. The molecule has 1 aromatic rings. The molecule has 0 aliphatic carbocycles. The third-order valence-electron chi connectivity index (χ3n) is 2.06. The summed E-state index contributed by atoms with van der Waals surface area (Å²) in [5, 5.41) is 40.4. The van der Waals surface area contributed by atoms with Gasteiger partial charge in [-0.3, -0.25) is 20.1 Å². The van der Waals surface area contributed by atoms with Gasteiger partial charge in [0.25, 0.3) is 10.1 Å². The van der Waals surface area contributed by atoms with Crippen LogP contribution in [-0.2, 0) is 10.1 Å². The average Bonchev–Trinajstić information content (AvgIpc) is 2.39. The van der Waals surface area contributed by atoms with Gasteiger partial charge >= 0.3 is 5.69 Å². The molecule has 0 unspecified atom stereocenters. The molecular weight excluding hydrogens is 306 g/mol. The van der Waals surface area contributed by atoms with Crippen molar-refractivity contribution in [3.63, 3.8) is 0 Å². The van der Waals surface area contributed by atoms with E-state index in [9.17, 15) is 23.6 Å². The minimum atomic E-state index is -4.78. The van der Waals surface area contributed by atoms with Gasteiger partial charge < -0.3 is 5.11 Å². The van der Waals surface area contributed by atoms with Crippen LogP contribution >= 0.6 is 0 Å². The van der Waals surface area contributed by atoms with Gasteiger partial charge in [0.05, 0.1) is 4.92 Å². The van der Waals surface area contributed by atoms with Crippen LogP contribution in [0.4, 0.5) is 11.4 Å². The number of nitrogens with one attached hydrogen (secondary N) is 1. The molecule has 0 saturated carbocycles. The van der Waals surface area contributed by atoms with Crippen LogP contribution in [0.2, 0.25) is 0 Å². The average molecular weight is 311 g/mol. The van der Waals surface area contributed by atoms with E-state index in [0.29, 0.717) is 12.1 Å². The van der Waals surface area contributed by atoms with E-state index in [1.165, 1.54) is 12.1 Å². The number of nitro groups is 1. The summed E-state index contributed by atoms with van der Waals surface area (Å²) in [6.07, 6.45) is 0. The van der Waals surface area contributed by atoms with Gasteiger partial charge in [-0.25, -0.2) is 0 Å². The molecule has 0 aliphatic rings. The maximum absolute atomic E-state index is 11.0. The zero-order chi connectivity index (χ0) is 16.2. The molecule has 0 saturated heterocycles. The van der Waals surface area contributed by atoms with Crippen LogP contribution in [0.15, 0.2) is 22.1 Å². The standard InChI is InChI=1S/C9H5N5O6S/c10-3-5(4-11)12-13-7-1-6(21(18,19)20)2-8(9(7)15)14(16)17/h1-2,13,15H,(H,18,19,20). The van der Waals surface area contributed by atoms with Crippen molar-refractivity contribution in [1.29, 1.82) is 10.5 Å². The smallest absolute Gasteiger partial charge is 0.314 e. The Hall–Kier alpha value is -3.22. The fraction of sp³-hybridized carbons (Fsp3) is 0. The predicted octanol–water partition coefficient (Wildman–Crippen LogP) is 0.362. The Morgan fingerprint density at radius 3 is 2.38 bits per heavy atom. The van der Waals surface area contributed by atoms with Crippen molar-refractivity contribution in [2.75, 3.05) is 5.43 Å². The number of anilines is 1. The van der Waals surface area contributed by atoms with Crippen LogP contribution in [0.3, 0.4) is 0 Å². The molecule has 21 heavy (non-hydrogen) atoms. The molecule has 3 N–H and O–H groups in total. The number of hydrazone groups is 1. The SMILES string of the molecule is N#CC(C#N)=NNc1cc(S(=O)(=O)O)cc([N+](=O)[O-])c1O. The van der Waals surface area contributed by atoms with E-state index in [1.54, 1.807) is 0 Å². The number of hydrogen-bond acceptors (Lipinski definition) is 9. The Morgan fingerprint density at radius 1 is 1.38 bits per heavy atom. The monoisotopic (exact) mass is 311 g/mol. The molecule has 0 bridgehead atoms. The number of phenolic OH excluding ortho intramolecular Hbond substituents is 1. The third kappa shape index (κ3) is 3.63. The van der Waals surface area contributed by atoms with Gasteiger partial charge in [0.1, 0.15) is 22.7 Å². The summed E-state index contributed by atoms with van der Waals surface area (Å²) in [5.41, 5.74) is -0.335. The Balaban J connectivity index is 3.49. The second kappa shape index (κ2) is 5.83. The van der Waals surface area contributed by atoms with E-state index in [1.807, 2.05) is 5.43 Å². The highest BCUT2D eigenvalue weighted by atomic mass is 32.2. The quantitative estimate of drug-likeness (QED) is 0.231. The summed E-state index contributed by atoms with van der Waals surface area (Å²) in [6.45, 7) is 0. The van der Waals surface area contributed by atoms with Crippen LogP contribution < -0.4 is 5.43 Å². The molecule has 108 valence electrons. The van der Waals surface area contributed by atoms with Gasteiger partial charge in [-0.2, -0.15) is 24.0 Å². The highest BCUT2D eigenvalue weighted by molar-refractivity contribution is 7.85. The number of nitro benzene ring substituents is 1. The summed E-state index contributed by atoms with van der Waals surface area (Å²) in [4.78, 5) is 8.74. The maximum Gasteiger partial charge on any atom is 0.314 e. The molecule has 0 atom stereocenters. The lowest BCUT2D eigenvalue weighted by Crippen LogP contribution is -2.03. The van der Waals surface area contributed by atoms with Crippen LogP contribution in [0.5, 0.6) is 5.75 Å². The minimum Gasteiger partial charge on any atom is -0.501 e. The molecule has 1 aromatic carbocycles.